The van der Waals surface area contributed by atoms with Gasteiger partial charge in [-0.1, -0.05) is 36.4 Å². The highest BCUT2D eigenvalue weighted by Gasteiger charge is 2.28. The van der Waals surface area contributed by atoms with Crippen molar-refractivity contribution in [3.05, 3.63) is 42.5 Å². The molecule has 1 fully saturated rings. The molecule has 0 aliphatic heterocycles. The van der Waals surface area contributed by atoms with Gasteiger partial charge in [0.2, 0.25) is 0 Å². The van der Waals surface area contributed by atoms with Crippen LogP contribution in [-0.2, 0) is 0 Å². The fourth-order valence-electron chi connectivity index (χ4n) is 2.80. The molecule has 5 nitrogen and oxygen atoms in total. The second kappa shape index (κ2) is 7.74. The van der Waals surface area contributed by atoms with Crippen LogP contribution in [0.3, 0.4) is 0 Å². The third-order valence-electron chi connectivity index (χ3n) is 4.38. The molecule has 0 aromatic heterocycles. The van der Waals surface area contributed by atoms with Gasteiger partial charge >= 0.3 is 6.03 Å². The van der Waals surface area contributed by atoms with E-state index in [1.165, 1.54) is 0 Å². The molecular formula is C20H26N2O3. The maximum Gasteiger partial charge on any atom is 0.317 e. The Morgan fingerprint density at radius 3 is 2.68 bits per heavy atom. The summed E-state index contributed by atoms with van der Waals surface area (Å²) >= 11 is 0. The number of nitrogens with one attached hydrogen (secondary N) is 1. The molecule has 2 aromatic carbocycles. The zero-order chi connectivity index (χ0) is 17.8. The molecule has 5 heteroatoms. The number of carbonyl (C=O) groups is 1. The van der Waals surface area contributed by atoms with E-state index in [0.717, 1.165) is 29.4 Å². The number of aliphatic hydroxyl groups is 1. The Labute approximate surface area is 148 Å². The third kappa shape index (κ3) is 4.63. The zero-order valence-corrected chi connectivity index (χ0v) is 14.8. The third-order valence-corrected chi connectivity index (χ3v) is 4.38. The van der Waals surface area contributed by atoms with Crippen molar-refractivity contribution in [2.75, 3.05) is 13.2 Å². The van der Waals surface area contributed by atoms with Crippen LogP contribution in [-0.4, -0.2) is 47.4 Å². The monoisotopic (exact) mass is 342 g/mol. The van der Waals surface area contributed by atoms with E-state index in [1.807, 2.05) is 56.3 Å². The Balaban J connectivity index is 1.58. The van der Waals surface area contributed by atoms with Gasteiger partial charge in [0.1, 0.15) is 18.5 Å². The van der Waals surface area contributed by atoms with E-state index in [-0.39, 0.29) is 25.2 Å². The van der Waals surface area contributed by atoms with Crippen molar-refractivity contribution in [1.82, 2.24) is 10.2 Å². The lowest BCUT2D eigenvalue weighted by Crippen LogP contribution is -2.49. The Hall–Kier alpha value is -2.27. The van der Waals surface area contributed by atoms with Crippen LogP contribution in [0.5, 0.6) is 5.75 Å². The molecule has 1 aliphatic carbocycles. The van der Waals surface area contributed by atoms with Gasteiger partial charge in [-0.3, -0.25) is 0 Å². The van der Waals surface area contributed by atoms with Crippen molar-refractivity contribution in [3.8, 4) is 5.75 Å². The number of carbonyl (C=O) groups excluding carboxylic acids is 1. The lowest BCUT2D eigenvalue weighted by atomic mass is 10.1. The van der Waals surface area contributed by atoms with E-state index in [9.17, 15) is 9.90 Å². The summed E-state index contributed by atoms with van der Waals surface area (Å²) in [5.74, 6) is 0.746. The highest BCUT2D eigenvalue weighted by molar-refractivity contribution is 5.88. The van der Waals surface area contributed by atoms with Crippen LogP contribution in [0.1, 0.15) is 26.7 Å². The number of hydrogen-bond acceptors (Lipinski definition) is 3. The summed E-state index contributed by atoms with van der Waals surface area (Å²) in [7, 11) is 0. The van der Waals surface area contributed by atoms with Gasteiger partial charge in [0.15, 0.2) is 0 Å². The number of aliphatic hydroxyl groups excluding tert-OH is 1. The van der Waals surface area contributed by atoms with Gasteiger partial charge in [-0.05, 0) is 38.1 Å². The molecule has 2 aromatic rings. The molecule has 0 heterocycles. The van der Waals surface area contributed by atoms with Crippen LogP contribution >= 0.6 is 0 Å². The van der Waals surface area contributed by atoms with Crippen molar-refractivity contribution in [2.45, 2.75) is 44.9 Å². The SMILES string of the molecule is CC(C)N(CC(O)COc1cccc2ccccc12)C(=O)NC1CC1. The highest BCUT2D eigenvalue weighted by atomic mass is 16.5. The van der Waals surface area contributed by atoms with Crippen LogP contribution in [0.2, 0.25) is 0 Å². The van der Waals surface area contributed by atoms with Crippen LogP contribution in [0.15, 0.2) is 42.5 Å². The zero-order valence-electron chi connectivity index (χ0n) is 14.8. The second-order valence-corrected chi connectivity index (χ2v) is 6.91. The standard InChI is InChI=1S/C20H26N2O3/c1-14(2)22(20(24)21-16-10-11-16)12-17(23)13-25-19-9-5-7-15-6-3-4-8-18(15)19/h3-9,14,16-17,23H,10-13H2,1-2H3,(H,21,24). The predicted octanol–water partition coefficient (Wildman–Crippen LogP) is 3.16. The van der Waals surface area contributed by atoms with Crippen molar-refractivity contribution in [1.29, 1.82) is 0 Å². The topological polar surface area (TPSA) is 61.8 Å². The minimum atomic E-state index is -0.744. The van der Waals surface area contributed by atoms with Gasteiger partial charge in [0.05, 0.1) is 6.54 Å². The summed E-state index contributed by atoms with van der Waals surface area (Å²) in [6, 6.07) is 14.1. The summed E-state index contributed by atoms with van der Waals surface area (Å²) in [5, 5.41) is 15.4. The molecule has 3 rings (SSSR count). The van der Waals surface area contributed by atoms with Gasteiger partial charge in [0, 0.05) is 17.5 Å². The minimum Gasteiger partial charge on any atom is -0.490 e. The molecule has 0 saturated heterocycles. The fourth-order valence-corrected chi connectivity index (χ4v) is 2.80. The Morgan fingerprint density at radius 1 is 1.24 bits per heavy atom. The molecule has 0 spiro atoms. The molecule has 0 bridgehead atoms. The molecule has 2 N–H and O–H groups in total. The molecule has 25 heavy (non-hydrogen) atoms. The summed E-state index contributed by atoms with van der Waals surface area (Å²) in [6.07, 6.45) is 1.35. The molecule has 2 amide bonds. The molecule has 0 radical (unpaired) electrons. The van der Waals surface area contributed by atoms with Crippen molar-refractivity contribution in [3.63, 3.8) is 0 Å². The average molecular weight is 342 g/mol. The quantitative estimate of drug-likeness (QED) is 0.812. The number of amides is 2. The van der Waals surface area contributed by atoms with Gasteiger partial charge in [-0.15, -0.1) is 0 Å². The number of urea groups is 1. The van der Waals surface area contributed by atoms with Crippen LogP contribution in [0.4, 0.5) is 4.79 Å². The van der Waals surface area contributed by atoms with E-state index >= 15 is 0 Å². The molecule has 1 atom stereocenters. The van der Waals surface area contributed by atoms with Gasteiger partial charge in [-0.2, -0.15) is 0 Å². The normalized spacial score (nSPS) is 15.2. The first-order valence-electron chi connectivity index (χ1n) is 8.90. The van der Waals surface area contributed by atoms with Gasteiger partial charge in [-0.25, -0.2) is 4.79 Å². The number of fused-ring (bicyclic) bond motifs is 1. The van der Waals surface area contributed by atoms with Crippen LogP contribution in [0.25, 0.3) is 10.8 Å². The second-order valence-electron chi connectivity index (χ2n) is 6.91. The van der Waals surface area contributed by atoms with Crippen molar-refractivity contribution < 1.29 is 14.6 Å². The highest BCUT2D eigenvalue weighted by Crippen LogP contribution is 2.25. The fraction of sp³-hybridized carbons (Fsp3) is 0.450. The molecule has 134 valence electrons. The van der Waals surface area contributed by atoms with E-state index in [4.69, 9.17) is 4.74 Å². The summed E-state index contributed by atoms with van der Waals surface area (Å²) < 4.78 is 5.83. The first-order valence-corrected chi connectivity index (χ1v) is 8.90. The lowest BCUT2D eigenvalue weighted by molar-refractivity contribution is 0.0694. The maximum absolute atomic E-state index is 12.3. The molecule has 1 aliphatic rings. The average Bonchev–Trinajstić information content (AvgIpc) is 3.41. The van der Waals surface area contributed by atoms with E-state index in [0.29, 0.717) is 6.04 Å². The van der Waals surface area contributed by atoms with Crippen molar-refractivity contribution in [2.24, 2.45) is 0 Å². The van der Waals surface area contributed by atoms with Gasteiger partial charge < -0.3 is 20.1 Å². The molecule has 1 saturated carbocycles. The van der Waals surface area contributed by atoms with E-state index < -0.39 is 6.10 Å². The van der Waals surface area contributed by atoms with Crippen LogP contribution < -0.4 is 10.1 Å². The van der Waals surface area contributed by atoms with Crippen molar-refractivity contribution >= 4 is 16.8 Å². The van der Waals surface area contributed by atoms with Crippen LogP contribution in [0, 0.1) is 0 Å². The smallest absolute Gasteiger partial charge is 0.317 e. The maximum atomic E-state index is 12.3. The van der Waals surface area contributed by atoms with Gasteiger partial charge in [0.25, 0.3) is 0 Å². The van der Waals surface area contributed by atoms with E-state index in [2.05, 4.69) is 5.32 Å². The first kappa shape index (κ1) is 17.5. The summed E-state index contributed by atoms with van der Waals surface area (Å²) in [5.41, 5.74) is 0. The first-order chi connectivity index (χ1) is 12.0. The summed E-state index contributed by atoms with van der Waals surface area (Å²) in [4.78, 5) is 13.9. The Kier molecular flexibility index (Phi) is 5.43. The minimum absolute atomic E-state index is 0.0194. The number of ether oxygens (including phenoxy) is 1. The largest absolute Gasteiger partial charge is 0.490 e. The number of nitrogens with zero attached hydrogens (tertiary/aromatic N) is 1. The predicted molar refractivity (Wildman–Crippen MR) is 98.8 cm³/mol. The number of hydrogen-bond donors (Lipinski definition) is 2. The summed E-state index contributed by atoms with van der Waals surface area (Å²) in [6.45, 7) is 4.30. The van der Waals surface area contributed by atoms with E-state index in [1.54, 1.807) is 4.90 Å². The molecule has 1 unspecified atom stereocenters. The number of benzene rings is 2. The molecular weight excluding hydrogens is 316 g/mol. The Bertz CT molecular complexity index is 722. The number of rotatable bonds is 7. The Morgan fingerprint density at radius 2 is 1.96 bits per heavy atom. The lowest BCUT2D eigenvalue weighted by Gasteiger charge is -2.29.